The zero-order valence-corrected chi connectivity index (χ0v) is 15.7. The summed E-state index contributed by atoms with van der Waals surface area (Å²) >= 11 is 0. The lowest BCUT2D eigenvalue weighted by molar-refractivity contribution is 0.476. The van der Waals surface area contributed by atoms with Gasteiger partial charge < -0.3 is 19.9 Å². The molecule has 1 fully saturated rings. The van der Waals surface area contributed by atoms with Crippen LogP contribution in [0.2, 0.25) is 0 Å². The van der Waals surface area contributed by atoms with Gasteiger partial charge in [-0.3, -0.25) is 0 Å². The lowest BCUT2D eigenvalue weighted by Crippen LogP contribution is -2.44. The van der Waals surface area contributed by atoms with Crippen LogP contribution in [0.1, 0.15) is 20.3 Å². The average Bonchev–Trinajstić information content (AvgIpc) is 3.24. The second-order valence-corrected chi connectivity index (χ2v) is 6.26. The monoisotopic (exact) mass is 367 g/mol. The number of phenols is 1. The van der Waals surface area contributed by atoms with Crippen molar-refractivity contribution >= 4 is 5.95 Å². The first-order chi connectivity index (χ1) is 13.2. The van der Waals surface area contributed by atoms with Gasteiger partial charge in [0.15, 0.2) is 0 Å². The van der Waals surface area contributed by atoms with Crippen LogP contribution in [0.5, 0.6) is 5.75 Å². The van der Waals surface area contributed by atoms with Crippen molar-refractivity contribution in [2.75, 3.05) is 31.1 Å². The lowest BCUT2D eigenvalue weighted by Gasteiger charge is -2.26. The molecule has 1 aromatic carbocycles. The van der Waals surface area contributed by atoms with E-state index in [2.05, 4.69) is 44.2 Å². The molecule has 3 aromatic rings. The first-order valence-corrected chi connectivity index (χ1v) is 9.20. The van der Waals surface area contributed by atoms with Crippen molar-refractivity contribution in [3.63, 3.8) is 0 Å². The molecule has 2 aromatic heterocycles. The molecule has 1 aliphatic heterocycles. The molecule has 1 aliphatic rings. The molecule has 0 bridgehead atoms. The van der Waals surface area contributed by atoms with Crippen molar-refractivity contribution in [2.45, 2.75) is 20.3 Å². The van der Waals surface area contributed by atoms with Crippen molar-refractivity contribution < 1.29 is 5.11 Å². The highest BCUT2D eigenvalue weighted by Crippen LogP contribution is 2.29. The Morgan fingerprint density at radius 3 is 2.52 bits per heavy atom. The second-order valence-electron chi connectivity index (χ2n) is 6.26. The number of aromatic nitrogens is 5. The van der Waals surface area contributed by atoms with Gasteiger partial charge in [-0.1, -0.05) is 20.3 Å². The largest absolute Gasteiger partial charge is 0.507 e. The summed E-state index contributed by atoms with van der Waals surface area (Å²) in [6.07, 6.45) is 8.08. The number of benzene rings is 1. The molecule has 0 radical (unpaired) electrons. The Kier molecular flexibility index (Phi) is 6.32. The van der Waals surface area contributed by atoms with Gasteiger partial charge in [0.05, 0.1) is 18.2 Å². The first kappa shape index (κ1) is 18.8. The number of anilines is 1. The molecule has 0 amide bonds. The van der Waals surface area contributed by atoms with E-state index in [0.717, 1.165) is 31.9 Å². The average molecular weight is 367 g/mol. The number of nitrogens with zero attached hydrogens (tertiary/aromatic N) is 6. The maximum Gasteiger partial charge on any atom is 0.245 e. The van der Waals surface area contributed by atoms with Crippen LogP contribution in [0.15, 0.2) is 43.1 Å². The Bertz CT molecular complexity index is 828. The van der Waals surface area contributed by atoms with E-state index in [1.807, 2.05) is 16.8 Å². The molecule has 0 unspecified atom stereocenters. The maximum atomic E-state index is 10.3. The minimum Gasteiger partial charge on any atom is -0.507 e. The zero-order valence-electron chi connectivity index (χ0n) is 15.7. The summed E-state index contributed by atoms with van der Waals surface area (Å²) in [4.78, 5) is 10.5. The molecular formula is C19H25N7O. The number of aromatic hydroxyl groups is 1. The highest BCUT2D eigenvalue weighted by molar-refractivity contribution is 5.68. The number of hydrogen-bond acceptors (Lipinski definition) is 7. The van der Waals surface area contributed by atoms with Gasteiger partial charge in [-0.15, -0.1) is 10.2 Å². The summed E-state index contributed by atoms with van der Waals surface area (Å²) < 4.78 is 1.82. The van der Waals surface area contributed by atoms with Gasteiger partial charge in [-0.25, -0.2) is 9.97 Å². The van der Waals surface area contributed by atoms with Gasteiger partial charge in [0.25, 0.3) is 0 Å². The number of hydrogen-bond donors (Lipinski definition) is 2. The minimum absolute atomic E-state index is 0.132. The molecule has 8 heteroatoms. The normalized spacial score (nSPS) is 13.8. The van der Waals surface area contributed by atoms with Gasteiger partial charge in [0.1, 0.15) is 11.4 Å². The summed E-state index contributed by atoms with van der Waals surface area (Å²) in [7, 11) is 0. The van der Waals surface area contributed by atoms with E-state index in [1.165, 1.54) is 6.42 Å². The second kappa shape index (κ2) is 9.09. The van der Waals surface area contributed by atoms with Crippen molar-refractivity contribution in [3.05, 3.63) is 43.1 Å². The quantitative estimate of drug-likeness (QED) is 0.733. The van der Waals surface area contributed by atoms with Gasteiger partial charge in [0.2, 0.25) is 5.95 Å². The molecule has 142 valence electrons. The Hall–Kier alpha value is -3.00. The fourth-order valence-corrected chi connectivity index (χ4v) is 2.71. The number of rotatable bonds is 3. The Balaban J connectivity index is 0.000000659. The molecule has 1 saturated heterocycles. The molecule has 4 rings (SSSR count). The van der Waals surface area contributed by atoms with Gasteiger partial charge in [-0.2, -0.15) is 0 Å². The lowest BCUT2D eigenvalue weighted by atomic mass is 10.1. The third-order valence-corrected chi connectivity index (χ3v) is 4.01. The van der Waals surface area contributed by atoms with E-state index in [9.17, 15) is 5.11 Å². The Labute approximate surface area is 158 Å². The van der Waals surface area contributed by atoms with E-state index >= 15 is 0 Å². The van der Waals surface area contributed by atoms with Crippen LogP contribution in [0.4, 0.5) is 5.95 Å². The first-order valence-electron chi connectivity index (χ1n) is 9.20. The summed E-state index contributed by atoms with van der Waals surface area (Å²) in [5.74, 6) is 0.752. The fraction of sp³-hybridized carbons (Fsp3) is 0.368. The van der Waals surface area contributed by atoms with Crippen molar-refractivity contribution in [3.8, 4) is 22.7 Å². The summed E-state index contributed by atoms with van der Waals surface area (Å²) in [5.41, 5.74) is 1.97. The molecule has 27 heavy (non-hydrogen) atoms. The van der Waals surface area contributed by atoms with Crippen molar-refractivity contribution in [2.24, 2.45) is 0 Å². The number of imidazole rings is 1. The highest BCUT2D eigenvalue weighted by Gasteiger charge is 2.15. The van der Waals surface area contributed by atoms with Crippen molar-refractivity contribution in [1.82, 2.24) is 30.0 Å². The van der Waals surface area contributed by atoms with Crippen LogP contribution < -0.4 is 10.2 Å². The van der Waals surface area contributed by atoms with Crippen LogP contribution in [0, 0.1) is 0 Å². The highest BCUT2D eigenvalue weighted by atomic mass is 16.3. The summed E-state index contributed by atoms with van der Waals surface area (Å²) in [6.45, 7) is 7.82. The predicted octanol–water partition coefficient (Wildman–Crippen LogP) is 2.26. The topological polar surface area (TPSA) is 92.0 Å². The molecule has 0 aliphatic carbocycles. The van der Waals surface area contributed by atoms with Crippen LogP contribution in [-0.2, 0) is 0 Å². The van der Waals surface area contributed by atoms with Crippen LogP contribution in [0.3, 0.4) is 0 Å². The molecule has 0 saturated carbocycles. The van der Waals surface area contributed by atoms with Gasteiger partial charge in [0, 0.05) is 50.2 Å². The van der Waals surface area contributed by atoms with E-state index in [-0.39, 0.29) is 5.75 Å². The van der Waals surface area contributed by atoms with E-state index in [4.69, 9.17) is 0 Å². The van der Waals surface area contributed by atoms with E-state index in [1.54, 1.807) is 30.9 Å². The smallest absolute Gasteiger partial charge is 0.245 e. The standard InChI is InChI=1S/C16H17N7O.C3H8/c24-15-9-12(23-8-5-18-11-23)1-2-13(15)14-10-19-16(21-20-14)22-6-3-17-4-7-22;1-3-2/h1-2,5,8-11,17,24H,3-4,6-7H2;3H2,1-2H3. The molecule has 3 heterocycles. The molecule has 8 nitrogen and oxygen atoms in total. The number of nitrogens with one attached hydrogen (secondary N) is 1. The van der Waals surface area contributed by atoms with E-state index in [0.29, 0.717) is 17.2 Å². The number of phenolic OH excluding ortho intramolecular Hbond substituents is 1. The molecule has 2 N–H and O–H groups in total. The van der Waals surface area contributed by atoms with E-state index < -0.39 is 0 Å². The zero-order chi connectivity index (χ0) is 19.1. The van der Waals surface area contributed by atoms with Crippen molar-refractivity contribution in [1.29, 1.82) is 0 Å². The molecular weight excluding hydrogens is 342 g/mol. The minimum atomic E-state index is 0.132. The molecule has 0 atom stereocenters. The van der Waals surface area contributed by atoms with Crippen LogP contribution in [0.25, 0.3) is 16.9 Å². The van der Waals surface area contributed by atoms with Gasteiger partial charge in [-0.05, 0) is 12.1 Å². The Morgan fingerprint density at radius 1 is 1.15 bits per heavy atom. The summed E-state index contributed by atoms with van der Waals surface area (Å²) in [6, 6.07) is 5.37. The fourth-order valence-electron chi connectivity index (χ4n) is 2.71. The third-order valence-electron chi connectivity index (χ3n) is 4.01. The predicted molar refractivity (Wildman–Crippen MR) is 105 cm³/mol. The third kappa shape index (κ3) is 4.59. The van der Waals surface area contributed by atoms with Gasteiger partial charge >= 0.3 is 0 Å². The Morgan fingerprint density at radius 2 is 1.93 bits per heavy atom. The maximum absolute atomic E-state index is 10.3. The molecule has 0 spiro atoms. The number of piperazine rings is 1. The SMILES string of the molecule is CCC.Oc1cc(-n2ccnc2)ccc1-c1cnc(N2CCNCC2)nn1. The summed E-state index contributed by atoms with van der Waals surface area (Å²) in [5, 5.41) is 22.0. The van der Waals surface area contributed by atoms with Crippen LogP contribution >= 0.6 is 0 Å². The van der Waals surface area contributed by atoms with Crippen LogP contribution in [-0.4, -0.2) is 56.0 Å².